The molecule has 0 heterocycles. The first-order valence-electron chi connectivity index (χ1n) is 4.45. The summed E-state index contributed by atoms with van der Waals surface area (Å²) in [7, 11) is 0. The summed E-state index contributed by atoms with van der Waals surface area (Å²) < 4.78 is 4.59. The molecule has 0 amide bonds. The molecule has 4 heteroatoms. The summed E-state index contributed by atoms with van der Waals surface area (Å²) in [6, 6.07) is 0. The number of unbranched alkanes of at least 4 members (excludes halogenated alkanes) is 2. The van der Waals surface area contributed by atoms with Crippen LogP contribution in [0.1, 0.15) is 33.1 Å². The number of carbonyl (C=O) groups is 1. The molecule has 0 radical (unpaired) electrons. The molecule has 0 atom stereocenters. The first kappa shape index (κ1) is 13.2. The minimum atomic E-state index is -0.436. The van der Waals surface area contributed by atoms with Crippen molar-refractivity contribution in [1.29, 1.82) is 0 Å². The van der Waals surface area contributed by atoms with Crippen molar-refractivity contribution in [2.24, 2.45) is 0 Å². The van der Waals surface area contributed by atoms with Crippen LogP contribution in [0.5, 0.6) is 0 Å². The first-order chi connectivity index (χ1) is 5.98. The van der Waals surface area contributed by atoms with E-state index >= 15 is 0 Å². The SMILES string of the molecule is CC(C)(I)C(=O)OCCCCCO. The van der Waals surface area contributed by atoms with Crippen molar-refractivity contribution in [2.45, 2.75) is 36.5 Å². The smallest absolute Gasteiger partial charge is 0.321 e. The molecule has 3 nitrogen and oxygen atoms in total. The number of alkyl halides is 1. The minimum Gasteiger partial charge on any atom is -0.465 e. The van der Waals surface area contributed by atoms with E-state index in [0.29, 0.717) is 6.61 Å². The van der Waals surface area contributed by atoms with Crippen LogP contribution in [0.2, 0.25) is 0 Å². The Bertz CT molecular complexity index is 151. The van der Waals surface area contributed by atoms with E-state index < -0.39 is 3.42 Å². The van der Waals surface area contributed by atoms with Crippen molar-refractivity contribution in [3.63, 3.8) is 0 Å². The zero-order chi connectivity index (χ0) is 10.3. The highest BCUT2D eigenvalue weighted by molar-refractivity contribution is 14.1. The second-order valence-electron chi connectivity index (χ2n) is 3.39. The molecule has 0 aromatic heterocycles. The van der Waals surface area contributed by atoms with E-state index in [-0.39, 0.29) is 12.6 Å². The molecule has 0 fully saturated rings. The molecule has 13 heavy (non-hydrogen) atoms. The van der Waals surface area contributed by atoms with Gasteiger partial charge in [-0.2, -0.15) is 0 Å². The third kappa shape index (κ3) is 7.25. The lowest BCUT2D eigenvalue weighted by atomic mass is 10.2. The summed E-state index contributed by atoms with van der Waals surface area (Å²) in [5.74, 6) is -0.169. The van der Waals surface area contributed by atoms with Gasteiger partial charge < -0.3 is 9.84 Å². The Morgan fingerprint density at radius 1 is 1.38 bits per heavy atom. The van der Waals surface area contributed by atoms with Crippen LogP contribution in [0.15, 0.2) is 0 Å². The molecule has 78 valence electrons. The maximum absolute atomic E-state index is 11.2. The fourth-order valence-electron chi connectivity index (χ4n) is 0.727. The minimum absolute atomic E-state index is 0.169. The number of carbonyl (C=O) groups excluding carboxylic acids is 1. The van der Waals surface area contributed by atoms with Gasteiger partial charge in [-0.3, -0.25) is 4.79 Å². The number of hydrogen-bond acceptors (Lipinski definition) is 3. The van der Waals surface area contributed by atoms with Crippen molar-refractivity contribution in [3.8, 4) is 0 Å². The highest BCUT2D eigenvalue weighted by atomic mass is 127. The maximum atomic E-state index is 11.2. The maximum Gasteiger partial charge on any atom is 0.321 e. The number of ether oxygens (including phenoxy) is 1. The normalized spacial score (nSPS) is 11.4. The molecule has 0 bridgehead atoms. The van der Waals surface area contributed by atoms with Crippen LogP contribution in [0.4, 0.5) is 0 Å². The predicted octanol–water partition coefficient (Wildman–Crippen LogP) is 1.91. The zero-order valence-corrected chi connectivity index (χ0v) is 10.3. The van der Waals surface area contributed by atoms with E-state index in [1.54, 1.807) is 0 Å². The highest BCUT2D eigenvalue weighted by Gasteiger charge is 2.24. The van der Waals surface area contributed by atoms with Gasteiger partial charge in [-0.05, 0) is 33.1 Å². The number of hydrogen-bond donors (Lipinski definition) is 1. The molecule has 0 saturated heterocycles. The molecule has 0 unspecified atom stereocenters. The van der Waals surface area contributed by atoms with Gasteiger partial charge in [0, 0.05) is 6.61 Å². The average molecular weight is 300 g/mol. The third-order valence-corrected chi connectivity index (χ3v) is 1.96. The molecule has 0 rings (SSSR count). The monoisotopic (exact) mass is 300 g/mol. The molecule has 0 aliphatic rings. The van der Waals surface area contributed by atoms with E-state index in [9.17, 15) is 4.79 Å². The second-order valence-corrected chi connectivity index (χ2v) is 6.09. The Morgan fingerprint density at radius 2 is 2.00 bits per heavy atom. The van der Waals surface area contributed by atoms with E-state index in [1.807, 2.05) is 13.8 Å². The first-order valence-corrected chi connectivity index (χ1v) is 5.53. The molecule has 0 saturated carbocycles. The molecule has 0 spiro atoms. The Labute approximate surface area is 93.0 Å². The molecule has 0 aromatic carbocycles. The summed E-state index contributed by atoms with van der Waals surface area (Å²) in [4.78, 5) is 11.2. The summed E-state index contributed by atoms with van der Waals surface area (Å²) >= 11 is 2.06. The van der Waals surface area contributed by atoms with Crippen LogP contribution in [0.3, 0.4) is 0 Å². The molecule has 0 aromatic rings. The Kier molecular flexibility index (Phi) is 6.67. The van der Waals surface area contributed by atoms with E-state index in [4.69, 9.17) is 9.84 Å². The van der Waals surface area contributed by atoms with Gasteiger partial charge in [0.05, 0.1) is 6.61 Å². The van der Waals surface area contributed by atoms with Crippen molar-refractivity contribution in [2.75, 3.05) is 13.2 Å². The van der Waals surface area contributed by atoms with Crippen LogP contribution < -0.4 is 0 Å². The number of aliphatic hydroxyl groups excluding tert-OH is 1. The summed E-state index contributed by atoms with van der Waals surface area (Å²) in [6.45, 7) is 4.32. The van der Waals surface area contributed by atoms with Crippen molar-refractivity contribution in [3.05, 3.63) is 0 Å². The van der Waals surface area contributed by atoms with Gasteiger partial charge in [0.2, 0.25) is 0 Å². The predicted molar refractivity (Wildman–Crippen MR) is 60.0 cm³/mol. The summed E-state index contributed by atoms with van der Waals surface area (Å²) in [5.41, 5.74) is 0. The van der Waals surface area contributed by atoms with Gasteiger partial charge in [0.25, 0.3) is 0 Å². The van der Waals surface area contributed by atoms with Crippen molar-refractivity contribution in [1.82, 2.24) is 0 Å². The number of aliphatic hydroxyl groups is 1. The Hall–Kier alpha value is 0.160. The van der Waals surface area contributed by atoms with E-state index in [0.717, 1.165) is 19.3 Å². The topological polar surface area (TPSA) is 46.5 Å². The van der Waals surface area contributed by atoms with Gasteiger partial charge in [0.1, 0.15) is 3.42 Å². The van der Waals surface area contributed by atoms with Crippen LogP contribution >= 0.6 is 22.6 Å². The van der Waals surface area contributed by atoms with Crippen LogP contribution in [-0.2, 0) is 9.53 Å². The molecular weight excluding hydrogens is 283 g/mol. The molecule has 1 N–H and O–H groups in total. The molecule has 0 aliphatic carbocycles. The van der Waals surface area contributed by atoms with Gasteiger partial charge in [0.15, 0.2) is 0 Å². The van der Waals surface area contributed by atoms with Gasteiger partial charge >= 0.3 is 5.97 Å². The van der Waals surface area contributed by atoms with Gasteiger partial charge in [-0.15, -0.1) is 0 Å². The summed E-state index contributed by atoms with van der Waals surface area (Å²) in [6.07, 6.45) is 2.52. The lowest BCUT2D eigenvalue weighted by molar-refractivity contribution is -0.145. The van der Waals surface area contributed by atoms with Gasteiger partial charge in [-0.1, -0.05) is 22.6 Å². The number of esters is 1. The zero-order valence-electron chi connectivity index (χ0n) is 8.18. The van der Waals surface area contributed by atoms with E-state index in [1.165, 1.54) is 0 Å². The standard InChI is InChI=1S/C9H17IO3/c1-9(2,10)8(12)13-7-5-3-4-6-11/h11H,3-7H2,1-2H3. The van der Waals surface area contributed by atoms with E-state index in [2.05, 4.69) is 22.6 Å². The van der Waals surface area contributed by atoms with Crippen LogP contribution in [0, 0.1) is 0 Å². The van der Waals surface area contributed by atoms with Crippen molar-refractivity contribution < 1.29 is 14.6 Å². The number of halogens is 1. The fourth-order valence-corrected chi connectivity index (χ4v) is 0.883. The lowest BCUT2D eigenvalue weighted by Gasteiger charge is -2.14. The molecular formula is C9H17IO3. The second kappa shape index (κ2) is 6.59. The van der Waals surface area contributed by atoms with Crippen molar-refractivity contribution >= 4 is 28.6 Å². The fraction of sp³-hybridized carbons (Fsp3) is 0.889. The van der Waals surface area contributed by atoms with Crippen LogP contribution in [-0.4, -0.2) is 27.7 Å². The largest absolute Gasteiger partial charge is 0.465 e. The molecule has 0 aliphatic heterocycles. The lowest BCUT2D eigenvalue weighted by Crippen LogP contribution is -2.26. The highest BCUT2D eigenvalue weighted by Crippen LogP contribution is 2.18. The third-order valence-electron chi connectivity index (χ3n) is 1.52. The average Bonchev–Trinajstić information content (AvgIpc) is 2.02. The Morgan fingerprint density at radius 3 is 2.46 bits per heavy atom. The quantitative estimate of drug-likeness (QED) is 0.353. The Balaban J connectivity index is 3.38. The van der Waals surface area contributed by atoms with Crippen LogP contribution in [0.25, 0.3) is 0 Å². The number of rotatable bonds is 6. The summed E-state index contributed by atoms with van der Waals surface area (Å²) in [5, 5.41) is 8.50. The van der Waals surface area contributed by atoms with Gasteiger partial charge in [-0.25, -0.2) is 0 Å².